The fourth-order valence-corrected chi connectivity index (χ4v) is 7.19. The summed E-state index contributed by atoms with van der Waals surface area (Å²) in [6, 6.07) is 22.9. The number of benzene rings is 3. The van der Waals surface area contributed by atoms with Gasteiger partial charge in [-0.2, -0.15) is 0 Å². The number of nitrogens with one attached hydrogen (secondary N) is 1. The first kappa shape index (κ1) is 26.5. The molecule has 0 aliphatic heterocycles. The normalized spacial score (nSPS) is 20.1. The second kappa shape index (κ2) is 10.7. The number of aromatic nitrogens is 2. The van der Waals surface area contributed by atoms with Crippen molar-refractivity contribution in [3.8, 4) is 0 Å². The number of fused-ring (bicyclic) bond motifs is 1. The molecular formula is C32H34N4O3S. The van der Waals surface area contributed by atoms with Crippen molar-refractivity contribution < 1.29 is 13.2 Å². The number of nitrogens with zero attached hydrogens (tertiary/aromatic N) is 3. The van der Waals surface area contributed by atoms with Gasteiger partial charge in [0.2, 0.25) is 15.9 Å². The lowest BCUT2D eigenvalue weighted by Gasteiger charge is -2.29. The highest BCUT2D eigenvalue weighted by atomic mass is 32.2. The highest BCUT2D eigenvalue weighted by Gasteiger charge is 2.46. The molecule has 8 heteroatoms. The maximum Gasteiger partial charge on any atom is 0.241 e. The Morgan fingerprint density at radius 3 is 2.65 bits per heavy atom. The lowest BCUT2D eigenvalue weighted by molar-refractivity contribution is -0.120. The minimum absolute atomic E-state index is 0.0736. The van der Waals surface area contributed by atoms with Crippen molar-refractivity contribution in [3.63, 3.8) is 0 Å². The van der Waals surface area contributed by atoms with Crippen LogP contribution in [-0.2, 0) is 34.8 Å². The molecule has 1 N–H and O–H groups in total. The minimum Gasteiger partial charge on any atom is -0.337 e. The van der Waals surface area contributed by atoms with Gasteiger partial charge in [0.15, 0.2) is 0 Å². The summed E-state index contributed by atoms with van der Waals surface area (Å²) < 4.78 is 31.5. The second-order valence-corrected chi connectivity index (χ2v) is 12.7. The number of amides is 1. The summed E-state index contributed by atoms with van der Waals surface area (Å²) in [6.45, 7) is 2.23. The Bertz CT molecular complexity index is 1650. The molecule has 2 aliphatic rings. The molecule has 1 amide bonds. The van der Waals surface area contributed by atoms with Gasteiger partial charge in [-0.1, -0.05) is 48.5 Å². The number of hydrogen-bond acceptors (Lipinski definition) is 4. The molecule has 0 bridgehead atoms. The lowest BCUT2D eigenvalue weighted by atomic mass is 9.87. The Balaban J connectivity index is 1.32. The van der Waals surface area contributed by atoms with Crippen LogP contribution >= 0.6 is 0 Å². The van der Waals surface area contributed by atoms with Crippen molar-refractivity contribution in [1.82, 2.24) is 14.3 Å². The number of imidazole rings is 1. The Kier molecular flexibility index (Phi) is 7.06. The third-order valence-corrected chi connectivity index (χ3v) is 9.64. The molecule has 2 aliphatic carbocycles. The van der Waals surface area contributed by atoms with Crippen molar-refractivity contribution in [2.75, 3.05) is 4.90 Å². The van der Waals surface area contributed by atoms with Gasteiger partial charge in [-0.15, -0.1) is 0 Å². The van der Waals surface area contributed by atoms with E-state index in [0.717, 1.165) is 47.5 Å². The van der Waals surface area contributed by atoms with Crippen molar-refractivity contribution in [3.05, 3.63) is 113 Å². The zero-order valence-corrected chi connectivity index (χ0v) is 23.6. The molecule has 3 atom stereocenters. The van der Waals surface area contributed by atoms with Crippen molar-refractivity contribution in [2.24, 2.45) is 13.0 Å². The van der Waals surface area contributed by atoms with Crippen LogP contribution in [0.3, 0.4) is 0 Å². The SMILES string of the molecule is Cc1cccc(S(=O)(=O)N[C@@H]2CCCc3ccc(N(Cc4nccn4C)C(=O)[C@@H]4C[C@@H]4c4ccccc4)cc32)c1. The molecule has 1 fully saturated rings. The average molecular weight is 555 g/mol. The molecule has 1 saturated carbocycles. The molecule has 4 aromatic rings. The van der Waals surface area contributed by atoms with Gasteiger partial charge < -0.3 is 9.47 Å². The largest absolute Gasteiger partial charge is 0.337 e. The first-order valence-electron chi connectivity index (χ1n) is 13.8. The number of carbonyl (C=O) groups excluding carboxylic acids is 1. The van der Waals surface area contributed by atoms with E-state index < -0.39 is 10.0 Å². The predicted octanol–water partition coefficient (Wildman–Crippen LogP) is 5.42. The molecule has 7 nitrogen and oxygen atoms in total. The van der Waals surface area contributed by atoms with E-state index in [-0.39, 0.29) is 28.7 Å². The molecule has 0 unspecified atom stereocenters. The second-order valence-electron chi connectivity index (χ2n) is 11.0. The molecule has 40 heavy (non-hydrogen) atoms. The zero-order valence-electron chi connectivity index (χ0n) is 22.8. The summed E-state index contributed by atoms with van der Waals surface area (Å²) in [5, 5.41) is 0. The van der Waals surface area contributed by atoms with Crippen LogP contribution in [0.15, 0.2) is 90.1 Å². The van der Waals surface area contributed by atoms with Crippen molar-refractivity contribution >= 4 is 21.6 Å². The topological polar surface area (TPSA) is 84.3 Å². The third-order valence-electron chi connectivity index (χ3n) is 8.17. The highest BCUT2D eigenvalue weighted by Crippen LogP contribution is 2.49. The van der Waals surface area contributed by atoms with E-state index in [9.17, 15) is 13.2 Å². The van der Waals surface area contributed by atoms with Gasteiger partial charge in [0.1, 0.15) is 5.82 Å². The summed E-state index contributed by atoms with van der Waals surface area (Å²) in [4.78, 5) is 20.6. The van der Waals surface area contributed by atoms with Crippen LogP contribution in [0.1, 0.15) is 59.3 Å². The monoisotopic (exact) mass is 554 g/mol. The van der Waals surface area contributed by atoms with E-state index in [0.29, 0.717) is 13.0 Å². The molecular weight excluding hydrogens is 520 g/mol. The van der Waals surface area contributed by atoms with Crippen LogP contribution in [0.2, 0.25) is 0 Å². The van der Waals surface area contributed by atoms with E-state index in [1.807, 2.05) is 66.0 Å². The van der Waals surface area contributed by atoms with Crippen LogP contribution < -0.4 is 9.62 Å². The van der Waals surface area contributed by atoms with Gasteiger partial charge in [-0.05, 0) is 85.0 Å². The Hall–Kier alpha value is -3.75. The Morgan fingerprint density at radius 2 is 1.90 bits per heavy atom. The van der Waals surface area contributed by atoms with Gasteiger partial charge in [-0.3, -0.25) is 4.79 Å². The molecule has 3 aromatic carbocycles. The Morgan fingerprint density at radius 1 is 1.07 bits per heavy atom. The summed E-state index contributed by atoms with van der Waals surface area (Å²) in [5.41, 5.74) is 4.91. The first-order chi connectivity index (χ1) is 19.3. The number of carbonyl (C=O) groups is 1. The number of anilines is 1. The molecule has 206 valence electrons. The molecule has 1 heterocycles. The molecule has 1 aromatic heterocycles. The van der Waals surface area contributed by atoms with E-state index in [4.69, 9.17) is 0 Å². The quantitative estimate of drug-likeness (QED) is 0.315. The maximum atomic E-state index is 14.0. The zero-order chi connectivity index (χ0) is 27.9. The highest BCUT2D eigenvalue weighted by molar-refractivity contribution is 7.89. The fraction of sp³-hybridized carbons (Fsp3) is 0.312. The minimum atomic E-state index is -3.71. The van der Waals surface area contributed by atoms with Gasteiger partial charge in [0, 0.05) is 37.1 Å². The average Bonchev–Trinajstić information content (AvgIpc) is 3.66. The van der Waals surface area contributed by atoms with Crippen molar-refractivity contribution in [1.29, 1.82) is 0 Å². The van der Waals surface area contributed by atoms with Gasteiger partial charge in [-0.25, -0.2) is 18.1 Å². The molecule has 6 rings (SSSR count). The molecule has 0 radical (unpaired) electrons. The summed E-state index contributed by atoms with van der Waals surface area (Å²) in [7, 11) is -1.78. The standard InChI is InChI=1S/C32H34N4O3S/c1-22-8-6-12-26(18-22)40(38,39)34-30-13-7-11-24-14-15-25(19-28(24)30)36(21-31-33-16-17-35(31)2)32(37)29-20-27(29)23-9-4-3-5-10-23/h3-6,8-10,12,14-19,27,29-30,34H,7,11,13,20-21H2,1-2H3/t27-,29-,30-/m1/s1. The van der Waals surface area contributed by atoms with E-state index in [1.165, 1.54) is 5.56 Å². The van der Waals surface area contributed by atoms with Crippen molar-refractivity contribution in [2.45, 2.75) is 56.0 Å². The van der Waals surface area contributed by atoms with E-state index in [1.54, 1.807) is 24.4 Å². The van der Waals surface area contributed by atoms with Crippen LogP contribution in [0, 0.1) is 12.8 Å². The number of rotatable bonds is 8. The van der Waals surface area contributed by atoms with Crippen LogP contribution in [0.25, 0.3) is 0 Å². The van der Waals surface area contributed by atoms with Crippen LogP contribution in [0.5, 0.6) is 0 Å². The van der Waals surface area contributed by atoms with Crippen LogP contribution in [-0.4, -0.2) is 23.9 Å². The lowest BCUT2D eigenvalue weighted by Crippen LogP contribution is -2.34. The summed E-state index contributed by atoms with van der Waals surface area (Å²) >= 11 is 0. The smallest absolute Gasteiger partial charge is 0.241 e. The molecule has 0 spiro atoms. The molecule has 0 saturated heterocycles. The van der Waals surface area contributed by atoms with E-state index >= 15 is 0 Å². The Labute approximate surface area is 235 Å². The first-order valence-corrected chi connectivity index (χ1v) is 15.3. The van der Waals surface area contributed by atoms with Gasteiger partial charge in [0.25, 0.3) is 0 Å². The van der Waals surface area contributed by atoms with Gasteiger partial charge >= 0.3 is 0 Å². The summed E-state index contributed by atoms with van der Waals surface area (Å²) in [5.74, 6) is 0.989. The van der Waals surface area contributed by atoms with Gasteiger partial charge in [0.05, 0.1) is 11.4 Å². The van der Waals surface area contributed by atoms with Crippen LogP contribution in [0.4, 0.5) is 5.69 Å². The number of sulfonamides is 1. The predicted molar refractivity (Wildman–Crippen MR) is 155 cm³/mol. The van der Waals surface area contributed by atoms with E-state index in [2.05, 4.69) is 27.9 Å². The summed E-state index contributed by atoms with van der Waals surface area (Å²) in [6.07, 6.45) is 6.92. The third kappa shape index (κ3) is 5.33. The number of aryl methyl sites for hydroxylation is 3. The number of hydrogen-bond donors (Lipinski definition) is 1. The fourth-order valence-electron chi connectivity index (χ4n) is 5.84. The maximum absolute atomic E-state index is 14.0.